The molecule has 1 aliphatic heterocycles. The normalized spacial score (nSPS) is 19.2. The third-order valence-electron chi connectivity index (χ3n) is 3.77. The second-order valence-electron chi connectivity index (χ2n) is 5.25. The fourth-order valence-corrected chi connectivity index (χ4v) is 2.74. The lowest BCUT2D eigenvalue weighted by Gasteiger charge is -2.27. The Hall–Kier alpha value is -1.10. The van der Waals surface area contributed by atoms with Gasteiger partial charge < -0.3 is 15.7 Å². The number of anilines is 1. The average Bonchev–Trinajstić information content (AvgIpc) is 2.65. The fraction of sp³-hybridized carbons (Fsp3) is 0.600. The number of rotatable bonds is 4. The SMILES string of the molecule is C[C@@H](N)c1ccccc1N1CCCN(CCO)CC1. The molecule has 1 aromatic carbocycles. The van der Waals surface area contributed by atoms with Crippen molar-refractivity contribution in [3.63, 3.8) is 0 Å². The number of β-amino-alcohol motifs (C(OH)–C–C–N with tert-alkyl or cyclic N) is 1. The molecule has 0 amide bonds. The zero-order chi connectivity index (χ0) is 13.7. The van der Waals surface area contributed by atoms with Crippen molar-refractivity contribution in [2.24, 2.45) is 5.73 Å². The molecule has 0 bridgehead atoms. The van der Waals surface area contributed by atoms with E-state index in [-0.39, 0.29) is 12.6 Å². The Morgan fingerprint density at radius 3 is 2.74 bits per heavy atom. The summed E-state index contributed by atoms with van der Waals surface area (Å²) < 4.78 is 0. The van der Waals surface area contributed by atoms with Gasteiger partial charge >= 0.3 is 0 Å². The first kappa shape index (κ1) is 14.3. The highest BCUT2D eigenvalue weighted by atomic mass is 16.3. The number of nitrogens with zero attached hydrogens (tertiary/aromatic N) is 2. The summed E-state index contributed by atoms with van der Waals surface area (Å²) in [5.41, 5.74) is 8.55. The molecule has 1 heterocycles. The molecule has 0 spiro atoms. The third kappa shape index (κ3) is 3.69. The van der Waals surface area contributed by atoms with Crippen molar-refractivity contribution in [3.05, 3.63) is 29.8 Å². The molecule has 106 valence electrons. The van der Waals surface area contributed by atoms with Crippen LogP contribution in [0.3, 0.4) is 0 Å². The highest BCUT2D eigenvalue weighted by Gasteiger charge is 2.17. The smallest absolute Gasteiger partial charge is 0.0558 e. The molecule has 0 radical (unpaired) electrons. The van der Waals surface area contributed by atoms with E-state index in [9.17, 15) is 0 Å². The standard InChI is InChI=1S/C15H25N3O/c1-13(16)14-5-2-3-6-15(14)18-8-4-7-17(9-10-18)11-12-19/h2-3,5-6,13,19H,4,7-12,16H2,1H3/t13-/m1/s1. The van der Waals surface area contributed by atoms with E-state index in [1.807, 2.05) is 6.92 Å². The first-order valence-electron chi connectivity index (χ1n) is 7.15. The minimum absolute atomic E-state index is 0.0630. The summed E-state index contributed by atoms with van der Waals surface area (Å²) in [6, 6.07) is 8.49. The van der Waals surface area contributed by atoms with Crippen LogP contribution in [0, 0.1) is 0 Å². The zero-order valence-corrected chi connectivity index (χ0v) is 11.8. The van der Waals surface area contributed by atoms with Gasteiger partial charge in [-0.25, -0.2) is 0 Å². The molecular formula is C15H25N3O. The van der Waals surface area contributed by atoms with Gasteiger partial charge in [0.05, 0.1) is 6.61 Å². The Bertz CT molecular complexity index is 395. The summed E-state index contributed by atoms with van der Waals surface area (Å²) in [6.07, 6.45) is 1.13. The number of benzene rings is 1. The van der Waals surface area contributed by atoms with Gasteiger partial charge in [0.1, 0.15) is 0 Å². The van der Waals surface area contributed by atoms with Gasteiger partial charge in [-0.3, -0.25) is 4.90 Å². The maximum atomic E-state index is 9.04. The molecular weight excluding hydrogens is 238 g/mol. The average molecular weight is 263 g/mol. The lowest BCUT2D eigenvalue weighted by atomic mass is 10.1. The summed E-state index contributed by atoms with van der Waals surface area (Å²) in [7, 11) is 0. The Morgan fingerprint density at radius 1 is 1.21 bits per heavy atom. The lowest BCUT2D eigenvalue weighted by molar-refractivity contribution is 0.204. The Balaban J connectivity index is 2.10. The number of hydrogen-bond donors (Lipinski definition) is 2. The molecule has 0 saturated carbocycles. The maximum absolute atomic E-state index is 9.04. The zero-order valence-electron chi connectivity index (χ0n) is 11.8. The predicted octanol–water partition coefficient (Wildman–Crippen LogP) is 1.21. The highest BCUT2D eigenvalue weighted by molar-refractivity contribution is 5.55. The van der Waals surface area contributed by atoms with Gasteiger partial charge in [0, 0.05) is 37.9 Å². The minimum Gasteiger partial charge on any atom is -0.395 e. The van der Waals surface area contributed by atoms with Gasteiger partial charge in [0.15, 0.2) is 0 Å². The monoisotopic (exact) mass is 263 g/mol. The maximum Gasteiger partial charge on any atom is 0.0558 e. The Morgan fingerprint density at radius 2 is 2.00 bits per heavy atom. The van der Waals surface area contributed by atoms with E-state index < -0.39 is 0 Å². The largest absolute Gasteiger partial charge is 0.395 e. The van der Waals surface area contributed by atoms with E-state index >= 15 is 0 Å². The van der Waals surface area contributed by atoms with Gasteiger partial charge in [-0.15, -0.1) is 0 Å². The van der Waals surface area contributed by atoms with Crippen LogP contribution in [0.4, 0.5) is 5.69 Å². The first-order valence-corrected chi connectivity index (χ1v) is 7.15. The molecule has 0 aromatic heterocycles. The van der Waals surface area contributed by atoms with E-state index in [2.05, 4.69) is 34.1 Å². The van der Waals surface area contributed by atoms with Crippen LogP contribution in [0.2, 0.25) is 0 Å². The summed E-state index contributed by atoms with van der Waals surface area (Å²) >= 11 is 0. The molecule has 2 rings (SSSR count). The second-order valence-corrected chi connectivity index (χ2v) is 5.25. The second kappa shape index (κ2) is 6.89. The van der Waals surface area contributed by atoms with Crippen LogP contribution in [0.5, 0.6) is 0 Å². The summed E-state index contributed by atoms with van der Waals surface area (Å²) in [4.78, 5) is 4.75. The molecule has 1 aliphatic rings. The van der Waals surface area contributed by atoms with Crippen LogP contribution in [0.15, 0.2) is 24.3 Å². The van der Waals surface area contributed by atoms with Crippen LogP contribution in [-0.2, 0) is 0 Å². The van der Waals surface area contributed by atoms with Gasteiger partial charge in [-0.1, -0.05) is 18.2 Å². The van der Waals surface area contributed by atoms with Crippen molar-refractivity contribution in [2.75, 3.05) is 44.2 Å². The molecule has 0 aliphatic carbocycles. The summed E-state index contributed by atoms with van der Waals surface area (Å²) in [6.45, 7) is 7.20. The van der Waals surface area contributed by atoms with Gasteiger partial charge in [0.2, 0.25) is 0 Å². The summed E-state index contributed by atoms with van der Waals surface area (Å²) in [5, 5.41) is 9.04. The fourth-order valence-electron chi connectivity index (χ4n) is 2.74. The van der Waals surface area contributed by atoms with Crippen LogP contribution in [-0.4, -0.2) is 49.3 Å². The molecule has 4 heteroatoms. The summed E-state index contributed by atoms with van der Waals surface area (Å²) in [5.74, 6) is 0. The third-order valence-corrected chi connectivity index (χ3v) is 3.77. The van der Waals surface area contributed by atoms with Crippen molar-refractivity contribution in [2.45, 2.75) is 19.4 Å². The van der Waals surface area contributed by atoms with Crippen LogP contribution in [0.25, 0.3) is 0 Å². The minimum atomic E-state index is 0.0630. The molecule has 1 atom stereocenters. The van der Waals surface area contributed by atoms with Gasteiger partial charge in [0.25, 0.3) is 0 Å². The Kier molecular flexibility index (Phi) is 5.19. The van der Waals surface area contributed by atoms with Crippen LogP contribution >= 0.6 is 0 Å². The van der Waals surface area contributed by atoms with Crippen molar-refractivity contribution >= 4 is 5.69 Å². The topological polar surface area (TPSA) is 52.7 Å². The number of nitrogens with two attached hydrogens (primary N) is 1. The van der Waals surface area contributed by atoms with Gasteiger partial charge in [-0.05, 0) is 31.5 Å². The molecule has 1 fully saturated rings. The van der Waals surface area contributed by atoms with Crippen molar-refractivity contribution in [3.8, 4) is 0 Å². The quantitative estimate of drug-likeness (QED) is 0.857. The molecule has 4 nitrogen and oxygen atoms in total. The molecule has 3 N–H and O–H groups in total. The predicted molar refractivity (Wildman–Crippen MR) is 79.4 cm³/mol. The van der Waals surface area contributed by atoms with Crippen molar-refractivity contribution in [1.29, 1.82) is 0 Å². The van der Waals surface area contributed by atoms with Crippen LogP contribution < -0.4 is 10.6 Å². The number of aliphatic hydroxyl groups excluding tert-OH is 1. The van der Waals surface area contributed by atoms with E-state index in [1.165, 1.54) is 11.3 Å². The highest BCUT2D eigenvalue weighted by Crippen LogP contribution is 2.25. The molecule has 1 saturated heterocycles. The van der Waals surface area contributed by atoms with E-state index in [0.29, 0.717) is 0 Å². The number of hydrogen-bond acceptors (Lipinski definition) is 4. The number of para-hydroxylation sites is 1. The van der Waals surface area contributed by atoms with Crippen molar-refractivity contribution in [1.82, 2.24) is 4.90 Å². The van der Waals surface area contributed by atoms with E-state index in [1.54, 1.807) is 0 Å². The molecule has 19 heavy (non-hydrogen) atoms. The molecule has 0 unspecified atom stereocenters. The van der Waals surface area contributed by atoms with E-state index in [0.717, 1.165) is 39.1 Å². The van der Waals surface area contributed by atoms with Crippen LogP contribution in [0.1, 0.15) is 24.9 Å². The van der Waals surface area contributed by atoms with Gasteiger partial charge in [-0.2, -0.15) is 0 Å². The van der Waals surface area contributed by atoms with E-state index in [4.69, 9.17) is 10.8 Å². The first-order chi connectivity index (χ1) is 9.22. The lowest BCUT2D eigenvalue weighted by Crippen LogP contribution is -2.33. The molecule has 1 aromatic rings. The van der Waals surface area contributed by atoms with Crippen molar-refractivity contribution < 1.29 is 5.11 Å². The number of aliphatic hydroxyl groups is 1. The Labute approximate surface area is 115 Å².